The standard InChI is InChI=1S/C21H21N5O4S2/c1-25(2)9-19-22-12(11-31-19)10-29-16-5-13(27-3)6-17-14(16)7-18(30-17)15-8-26-20(23-15)32-21(24-26)28-4/h5-8,11H,9-10H2,1-4H3. The average molecular weight is 472 g/mol. The van der Waals surface area contributed by atoms with Crippen molar-refractivity contribution in [2.24, 2.45) is 0 Å². The normalized spacial score (nSPS) is 11.7. The summed E-state index contributed by atoms with van der Waals surface area (Å²) >= 11 is 2.99. The number of thiazole rings is 1. The Kier molecular flexibility index (Phi) is 5.45. The topological polar surface area (TPSA) is 87.2 Å². The van der Waals surface area contributed by atoms with Gasteiger partial charge in [0.05, 0.1) is 31.5 Å². The van der Waals surface area contributed by atoms with Gasteiger partial charge in [0.1, 0.15) is 34.4 Å². The van der Waals surface area contributed by atoms with E-state index in [9.17, 15) is 0 Å². The van der Waals surface area contributed by atoms with Crippen LogP contribution in [0.3, 0.4) is 0 Å². The molecule has 0 spiro atoms. The van der Waals surface area contributed by atoms with Crippen molar-refractivity contribution in [2.75, 3.05) is 28.3 Å². The van der Waals surface area contributed by atoms with Crippen LogP contribution in [0.4, 0.5) is 0 Å². The molecule has 1 aromatic carbocycles. The summed E-state index contributed by atoms with van der Waals surface area (Å²) < 4.78 is 24.5. The minimum atomic E-state index is 0.358. The Balaban J connectivity index is 1.44. The van der Waals surface area contributed by atoms with Gasteiger partial charge in [-0.2, -0.15) is 0 Å². The Morgan fingerprint density at radius 2 is 2.00 bits per heavy atom. The number of nitrogens with zero attached hydrogens (tertiary/aromatic N) is 5. The lowest BCUT2D eigenvalue weighted by atomic mass is 10.2. The number of furan rings is 1. The molecule has 0 saturated carbocycles. The summed E-state index contributed by atoms with van der Waals surface area (Å²) in [4.78, 5) is 12.1. The molecule has 32 heavy (non-hydrogen) atoms. The quantitative estimate of drug-likeness (QED) is 0.331. The van der Waals surface area contributed by atoms with Crippen LogP contribution in [0.5, 0.6) is 16.7 Å². The van der Waals surface area contributed by atoms with Crippen molar-refractivity contribution in [3.63, 3.8) is 0 Å². The monoisotopic (exact) mass is 471 g/mol. The largest absolute Gasteiger partial charge is 0.496 e. The van der Waals surface area contributed by atoms with Crippen molar-refractivity contribution in [1.29, 1.82) is 0 Å². The number of benzene rings is 1. The van der Waals surface area contributed by atoms with Gasteiger partial charge < -0.3 is 23.5 Å². The van der Waals surface area contributed by atoms with Gasteiger partial charge in [-0.25, -0.2) is 14.5 Å². The number of aromatic nitrogens is 4. The molecule has 4 aromatic heterocycles. The molecular formula is C21H21N5O4S2. The van der Waals surface area contributed by atoms with E-state index in [1.54, 1.807) is 30.1 Å². The van der Waals surface area contributed by atoms with Crippen LogP contribution in [0.1, 0.15) is 10.7 Å². The van der Waals surface area contributed by atoms with Crippen LogP contribution in [-0.4, -0.2) is 52.8 Å². The highest BCUT2D eigenvalue weighted by Gasteiger charge is 2.17. The average Bonchev–Trinajstić information content (AvgIpc) is 3.53. The number of hydrogen-bond acceptors (Lipinski definition) is 10. The molecule has 5 rings (SSSR count). The molecule has 4 heterocycles. The minimum absolute atomic E-state index is 0.358. The van der Waals surface area contributed by atoms with E-state index in [4.69, 9.17) is 18.6 Å². The number of imidazole rings is 1. The molecule has 0 saturated heterocycles. The molecule has 0 aliphatic rings. The lowest BCUT2D eigenvalue weighted by molar-refractivity contribution is 0.302. The van der Waals surface area contributed by atoms with Crippen LogP contribution < -0.4 is 14.2 Å². The van der Waals surface area contributed by atoms with Crippen molar-refractivity contribution in [1.82, 2.24) is 24.5 Å². The van der Waals surface area contributed by atoms with Crippen molar-refractivity contribution in [3.05, 3.63) is 40.5 Å². The van der Waals surface area contributed by atoms with E-state index in [1.165, 1.54) is 11.3 Å². The zero-order valence-corrected chi connectivity index (χ0v) is 19.6. The van der Waals surface area contributed by atoms with E-state index in [0.717, 1.165) is 27.6 Å². The molecule has 0 fully saturated rings. The highest BCUT2D eigenvalue weighted by Crippen LogP contribution is 2.37. The molecule has 0 N–H and O–H groups in total. The zero-order chi connectivity index (χ0) is 22.2. The maximum atomic E-state index is 6.13. The summed E-state index contributed by atoms with van der Waals surface area (Å²) in [5.41, 5.74) is 2.23. The van der Waals surface area contributed by atoms with Gasteiger partial charge in [-0.05, 0) is 31.5 Å². The predicted molar refractivity (Wildman–Crippen MR) is 123 cm³/mol. The summed E-state index contributed by atoms with van der Waals surface area (Å²) in [5.74, 6) is 1.94. The Bertz CT molecular complexity index is 1350. The third-order valence-corrected chi connectivity index (χ3v) is 6.45. The second kappa shape index (κ2) is 8.41. The van der Waals surface area contributed by atoms with Crippen molar-refractivity contribution < 1.29 is 18.6 Å². The summed E-state index contributed by atoms with van der Waals surface area (Å²) in [6.07, 6.45) is 1.81. The van der Waals surface area contributed by atoms with Gasteiger partial charge in [-0.15, -0.1) is 16.4 Å². The lowest BCUT2D eigenvalue weighted by Gasteiger charge is -2.08. The van der Waals surface area contributed by atoms with Crippen molar-refractivity contribution in [3.8, 4) is 28.1 Å². The van der Waals surface area contributed by atoms with E-state index < -0.39 is 0 Å². The van der Waals surface area contributed by atoms with Gasteiger partial charge in [-0.1, -0.05) is 0 Å². The third-order valence-electron chi connectivity index (χ3n) is 4.69. The van der Waals surface area contributed by atoms with E-state index in [-0.39, 0.29) is 0 Å². The first-order valence-electron chi connectivity index (χ1n) is 9.75. The third kappa shape index (κ3) is 4.01. The second-order valence-corrected chi connectivity index (χ2v) is 9.19. The zero-order valence-electron chi connectivity index (χ0n) is 18.0. The fourth-order valence-corrected chi connectivity index (χ4v) is 4.83. The smallest absolute Gasteiger partial charge is 0.294 e. The van der Waals surface area contributed by atoms with Crippen molar-refractivity contribution >= 4 is 38.6 Å². The van der Waals surface area contributed by atoms with Crippen LogP contribution >= 0.6 is 22.7 Å². The van der Waals surface area contributed by atoms with Gasteiger partial charge in [-0.3, -0.25) is 0 Å². The van der Waals surface area contributed by atoms with Crippen LogP contribution in [0, 0.1) is 0 Å². The maximum absolute atomic E-state index is 6.13. The molecular weight excluding hydrogens is 450 g/mol. The number of methoxy groups -OCH3 is 2. The van der Waals surface area contributed by atoms with Gasteiger partial charge in [0.2, 0.25) is 4.96 Å². The molecule has 0 amide bonds. The Labute approximate surface area is 191 Å². The van der Waals surface area contributed by atoms with E-state index in [1.807, 2.05) is 43.9 Å². The molecule has 166 valence electrons. The van der Waals surface area contributed by atoms with Crippen LogP contribution in [-0.2, 0) is 13.2 Å². The SMILES string of the molecule is COc1cc(OCc2csc(CN(C)C)n2)c2cc(-c3cn4nc(OC)sc4n3)oc2c1. The molecule has 0 unspecified atom stereocenters. The number of ether oxygens (including phenoxy) is 3. The molecule has 0 aliphatic carbocycles. The molecule has 0 radical (unpaired) electrons. The Morgan fingerprint density at radius 1 is 1.12 bits per heavy atom. The fourth-order valence-electron chi connectivity index (χ4n) is 3.24. The Hall–Kier alpha value is -3.15. The number of hydrogen-bond donors (Lipinski definition) is 0. The first kappa shape index (κ1) is 20.7. The summed E-state index contributed by atoms with van der Waals surface area (Å²) in [5, 5.41) is 8.79. The van der Waals surface area contributed by atoms with Crippen LogP contribution in [0.25, 0.3) is 27.4 Å². The second-order valence-electron chi connectivity index (χ2n) is 7.33. The lowest BCUT2D eigenvalue weighted by Crippen LogP contribution is -2.10. The summed E-state index contributed by atoms with van der Waals surface area (Å²) in [7, 11) is 7.25. The molecule has 0 atom stereocenters. The predicted octanol–water partition coefficient (Wildman–Crippen LogP) is 4.32. The summed E-state index contributed by atoms with van der Waals surface area (Å²) in [6, 6.07) is 5.61. The highest BCUT2D eigenvalue weighted by atomic mass is 32.1. The van der Waals surface area contributed by atoms with Gasteiger partial charge >= 0.3 is 0 Å². The van der Waals surface area contributed by atoms with Crippen LogP contribution in [0.15, 0.2) is 34.2 Å². The Morgan fingerprint density at radius 3 is 2.75 bits per heavy atom. The fraction of sp³-hybridized carbons (Fsp3) is 0.286. The molecule has 11 heteroatoms. The maximum Gasteiger partial charge on any atom is 0.294 e. The highest BCUT2D eigenvalue weighted by molar-refractivity contribution is 7.18. The van der Waals surface area contributed by atoms with Gasteiger partial charge in [0.25, 0.3) is 5.19 Å². The molecule has 9 nitrogen and oxygen atoms in total. The van der Waals surface area contributed by atoms with E-state index in [2.05, 4.69) is 20.0 Å². The molecule has 5 aromatic rings. The first-order chi connectivity index (χ1) is 15.5. The number of fused-ring (bicyclic) bond motifs is 2. The molecule has 0 aliphatic heterocycles. The molecule has 0 bridgehead atoms. The number of rotatable bonds is 8. The van der Waals surface area contributed by atoms with E-state index >= 15 is 0 Å². The van der Waals surface area contributed by atoms with E-state index in [0.29, 0.717) is 40.3 Å². The summed E-state index contributed by atoms with van der Waals surface area (Å²) in [6.45, 7) is 1.17. The van der Waals surface area contributed by atoms with Crippen LogP contribution in [0.2, 0.25) is 0 Å². The minimum Gasteiger partial charge on any atom is -0.496 e. The first-order valence-corrected chi connectivity index (χ1v) is 11.4. The van der Waals surface area contributed by atoms with Gasteiger partial charge in [0, 0.05) is 24.1 Å². The van der Waals surface area contributed by atoms with Crippen molar-refractivity contribution in [2.45, 2.75) is 13.2 Å². The van der Waals surface area contributed by atoms with Gasteiger partial charge in [0.15, 0.2) is 5.76 Å².